The highest BCUT2D eigenvalue weighted by Gasteiger charge is 2.61. The molecular weight excluding hydrogens is 1480 g/mol. The molecule has 6 saturated carbocycles. The Bertz CT molecular complexity index is 3030. The van der Waals surface area contributed by atoms with Crippen molar-refractivity contribution in [2.45, 2.75) is 404 Å². The lowest BCUT2D eigenvalue weighted by Crippen LogP contribution is -2.50. The second kappa shape index (κ2) is 50.0. The summed E-state index contributed by atoms with van der Waals surface area (Å²) < 4.78 is 23.5. The van der Waals surface area contributed by atoms with E-state index in [1.54, 1.807) is 16.7 Å². The lowest BCUT2D eigenvalue weighted by molar-refractivity contribution is -0.132. The minimum atomic E-state index is -0.550. The number of ether oxygens (including phenoxy) is 4. The molecule has 118 heavy (non-hydrogen) atoms. The van der Waals surface area contributed by atoms with E-state index in [4.69, 9.17) is 24.1 Å². The van der Waals surface area contributed by atoms with Gasteiger partial charge in [0, 0.05) is 102 Å². The van der Waals surface area contributed by atoms with Gasteiger partial charge in [-0.15, -0.1) is 0 Å². The van der Waals surface area contributed by atoms with Gasteiger partial charge in [0.05, 0.1) is 37.1 Å². The fraction of sp³-hybridized carbons (Fsp3) is 0.899. The van der Waals surface area contributed by atoms with Crippen molar-refractivity contribution in [3.05, 3.63) is 23.3 Å². The lowest BCUT2D eigenvalue weighted by Gasteiger charge is -2.58. The van der Waals surface area contributed by atoms with Gasteiger partial charge in [0.15, 0.2) is 0 Å². The van der Waals surface area contributed by atoms with Crippen molar-refractivity contribution in [3.8, 4) is 0 Å². The average molecular weight is 1660 g/mol. The number of alkyl carbamates (subject to hydrolysis) is 2. The Labute approximate surface area is 718 Å². The minimum Gasteiger partial charge on any atom is -0.446 e. The number of allylic oxidation sites excluding steroid dienone is 2. The van der Waals surface area contributed by atoms with Crippen LogP contribution in [0.5, 0.6) is 0 Å². The van der Waals surface area contributed by atoms with Crippen molar-refractivity contribution in [2.75, 3.05) is 78.7 Å². The molecule has 8 aliphatic carbocycles. The SMILES string of the molecule is CCC.CCC.CCC(=O)N1C[C@@H](CC)[C@H](O)C1.CCC(=O)N1C[C@@H](CO)[C@@H](O)C1.CCCCCCCC[C@H]1CCC2C3CC=C4CC(OC(=O)NCC(=O)N5CC[C@H](OCC)[C@@H]5CC)CC[C@]4(C)C3CC[C@@]21C.CCCCCCCC[C@H]1CCC2C3CC=C4CC(OC(=O)NCC(=O)N5C[C@H](CC)[C@H](OCC)C5)CC[C@]4(C)C3CC[C@@]21C. The number of rotatable bonds is 30. The molecule has 0 bridgehead atoms. The van der Waals surface area contributed by atoms with Crippen molar-refractivity contribution >= 4 is 35.8 Å². The molecular formula is C99H176N6O13. The maximum atomic E-state index is 12.9. The van der Waals surface area contributed by atoms with Crippen LogP contribution >= 0.6 is 0 Å². The zero-order valence-electron chi connectivity index (χ0n) is 78.1. The van der Waals surface area contributed by atoms with E-state index in [-0.39, 0.29) is 96.6 Å². The number of aliphatic hydroxyl groups is 3. The number of amides is 6. The Morgan fingerprint density at radius 1 is 0.441 bits per heavy atom. The number of nitrogens with one attached hydrogen (secondary N) is 2. The van der Waals surface area contributed by atoms with Crippen LogP contribution in [0.3, 0.4) is 0 Å². The number of carbonyl (C=O) groups is 6. The van der Waals surface area contributed by atoms with Crippen LogP contribution in [0.1, 0.15) is 362 Å². The number of hydrogen-bond donors (Lipinski definition) is 5. The first-order valence-electron chi connectivity index (χ1n) is 49.3. The number of nitrogens with zero attached hydrogens (tertiary/aromatic N) is 4. The summed E-state index contributed by atoms with van der Waals surface area (Å²) in [6.45, 7) is 42.8. The van der Waals surface area contributed by atoms with Gasteiger partial charge in [-0.1, -0.05) is 217 Å². The topological polar surface area (TPSA) is 237 Å². The summed E-state index contributed by atoms with van der Waals surface area (Å²) >= 11 is 0. The molecule has 0 aromatic heterocycles. The highest BCUT2D eigenvalue weighted by atomic mass is 16.6. The number of hydrogen-bond acceptors (Lipinski definition) is 13. The van der Waals surface area contributed by atoms with Crippen LogP contribution in [-0.2, 0) is 38.1 Å². The Kier molecular flexibility index (Phi) is 42.7. The Morgan fingerprint density at radius 2 is 0.856 bits per heavy atom. The lowest BCUT2D eigenvalue weighted by atomic mass is 9.47. The molecule has 12 rings (SSSR count). The molecule has 22 atom stereocenters. The number of carbonyl (C=O) groups excluding carboxylic acids is 6. The fourth-order valence-corrected chi connectivity index (χ4v) is 24.9. The Hall–Kier alpha value is -4.30. The molecule has 8 unspecified atom stereocenters. The molecule has 680 valence electrons. The van der Waals surface area contributed by atoms with Crippen molar-refractivity contribution in [1.82, 2.24) is 30.2 Å². The van der Waals surface area contributed by atoms with E-state index in [1.807, 2.05) is 37.5 Å². The molecule has 0 aromatic rings. The van der Waals surface area contributed by atoms with Gasteiger partial charge < -0.3 is 64.5 Å². The van der Waals surface area contributed by atoms with Crippen molar-refractivity contribution in [1.29, 1.82) is 0 Å². The number of unbranched alkanes of at least 4 members (excludes halogenated alkanes) is 10. The standard InChI is InChI=1S/2C38H64N2O4.C9H17NO2.C8H15NO3.2C3H8/c1-6-9-10-11-12-13-14-27-16-18-31-30-17-15-28-25-29(19-22-38(28,5)32(30)20-23-37(27,31)4)44-36(42)39-26-35(41)40-24-21-34(43-8-3)33(40)7-2;1-6-9-10-11-12-13-14-28-16-18-32-31-17-15-29-23-30(19-21-38(29,5)33(31)20-22-37(28,32)4)44-36(42)39-24-35(41)40-25-27(7-2)34(26-40)43-8-3;1-3-7-5-10(6-8(7)11)9(12)4-2;1-2-8(12)9-3-6(5-10)7(11)4-9;2*1-3-2/h15,27,29-34H,6-14,16-26H2,1-5H3,(H,39,42);15,27-28,30-34H,6-14,16-26H2,1-5H3,(H,39,42);7-8,11H,3-6H2,1-2H3;6-7,10-11H,2-5H2,1H3;2*3H2,1-2H3/t27-,29?,30?,31?,32?,33-,34-,37+,38-;27-,28-,30?,31?,32?,33?,34+,37+,38-;7-,8-;6-,7-;;/m0010../s1. The van der Waals surface area contributed by atoms with Crippen LogP contribution in [0.4, 0.5) is 9.59 Å². The van der Waals surface area contributed by atoms with E-state index in [0.29, 0.717) is 88.0 Å². The van der Waals surface area contributed by atoms with Crippen molar-refractivity contribution < 1.29 is 63.0 Å². The van der Waals surface area contributed by atoms with E-state index in [2.05, 4.69) is 106 Å². The van der Waals surface area contributed by atoms with Crippen molar-refractivity contribution in [2.24, 2.45) is 86.8 Å². The van der Waals surface area contributed by atoms with Gasteiger partial charge >= 0.3 is 12.2 Å². The first-order chi connectivity index (χ1) is 56.7. The van der Waals surface area contributed by atoms with Gasteiger partial charge in [-0.2, -0.15) is 0 Å². The fourth-order valence-electron chi connectivity index (χ4n) is 24.9. The van der Waals surface area contributed by atoms with Crippen LogP contribution in [0.15, 0.2) is 23.3 Å². The second-order valence-corrected chi connectivity index (χ2v) is 39.3. The normalized spacial score (nSPS) is 34.6. The van der Waals surface area contributed by atoms with Gasteiger partial charge in [-0.25, -0.2) is 9.59 Å². The first-order valence-corrected chi connectivity index (χ1v) is 49.3. The zero-order chi connectivity index (χ0) is 86.3. The molecule has 6 amide bonds. The third-order valence-electron chi connectivity index (χ3n) is 31.8. The molecule has 19 heteroatoms. The van der Waals surface area contributed by atoms with E-state index >= 15 is 0 Å². The number of β-amino-alcohol motifs (C(OH)–C–C–N with tert-alkyl or cyclic N) is 2. The number of fused-ring (bicyclic) bond motifs is 10. The molecule has 5 N–H and O–H groups in total. The maximum absolute atomic E-state index is 12.9. The molecule has 4 heterocycles. The predicted octanol–water partition coefficient (Wildman–Crippen LogP) is 20.2. The predicted molar refractivity (Wildman–Crippen MR) is 477 cm³/mol. The summed E-state index contributed by atoms with van der Waals surface area (Å²) in [5, 5.41) is 33.2. The zero-order valence-corrected chi connectivity index (χ0v) is 78.1. The third kappa shape index (κ3) is 26.2. The van der Waals surface area contributed by atoms with Crippen LogP contribution < -0.4 is 10.6 Å². The summed E-state index contributed by atoms with van der Waals surface area (Å²) in [5.74, 6) is 7.42. The Balaban J connectivity index is 0.000000242. The van der Waals surface area contributed by atoms with E-state index in [1.165, 1.54) is 178 Å². The molecule has 4 saturated heterocycles. The quantitative estimate of drug-likeness (QED) is 0.0333. The van der Waals surface area contributed by atoms with E-state index < -0.39 is 18.3 Å². The summed E-state index contributed by atoms with van der Waals surface area (Å²) in [6.07, 6.45) is 49.8. The van der Waals surface area contributed by atoms with Gasteiger partial charge in [-0.3, -0.25) is 19.2 Å². The van der Waals surface area contributed by atoms with Gasteiger partial charge in [0.25, 0.3) is 0 Å². The van der Waals surface area contributed by atoms with E-state index in [9.17, 15) is 39.0 Å². The summed E-state index contributed by atoms with van der Waals surface area (Å²) in [6, 6.07) is 0.0893. The Morgan fingerprint density at radius 3 is 1.27 bits per heavy atom. The van der Waals surface area contributed by atoms with Crippen LogP contribution in [0.2, 0.25) is 0 Å². The third-order valence-corrected chi connectivity index (χ3v) is 31.8. The van der Waals surface area contributed by atoms with Gasteiger partial charge in [0.2, 0.25) is 23.6 Å². The highest BCUT2D eigenvalue weighted by molar-refractivity contribution is 5.83. The first kappa shape index (κ1) is 101. The molecule has 4 aliphatic heterocycles. The number of aliphatic hydroxyl groups excluding tert-OH is 3. The van der Waals surface area contributed by atoms with Gasteiger partial charge in [-0.05, 0) is 211 Å². The van der Waals surface area contributed by atoms with Crippen LogP contribution in [0, 0.1) is 86.8 Å². The van der Waals surface area contributed by atoms with E-state index in [0.717, 1.165) is 118 Å². The molecule has 0 radical (unpaired) electrons. The van der Waals surface area contributed by atoms with Crippen LogP contribution in [-0.4, -0.2) is 192 Å². The summed E-state index contributed by atoms with van der Waals surface area (Å²) in [5.41, 5.74) is 4.64. The smallest absolute Gasteiger partial charge is 0.407 e. The monoisotopic (exact) mass is 1660 g/mol. The molecule has 0 aromatic carbocycles. The molecule has 12 aliphatic rings. The largest absolute Gasteiger partial charge is 0.446 e. The number of likely N-dealkylation sites (tertiary alicyclic amines) is 4. The summed E-state index contributed by atoms with van der Waals surface area (Å²) in [7, 11) is 0. The van der Waals surface area contributed by atoms with Crippen molar-refractivity contribution in [3.63, 3.8) is 0 Å². The van der Waals surface area contributed by atoms with Gasteiger partial charge in [0.1, 0.15) is 25.3 Å². The maximum Gasteiger partial charge on any atom is 0.407 e. The minimum absolute atomic E-state index is 0.00886. The van der Waals surface area contributed by atoms with Crippen LogP contribution in [0.25, 0.3) is 0 Å². The second-order valence-electron chi connectivity index (χ2n) is 39.3. The summed E-state index contributed by atoms with van der Waals surface area (Å²) in [4.78, 5) is 80.8. The molecule has 10 fully saturated rings. The molecule has 19 nitrogen and oxygen atoms in total. The highest BCUT2D eigenvalue weighted by Crippen LogP contribution is 2.69. The molecule has 0 spiro atoms. The average Bonchev–Trinajstić information content (AvgIpc) is 1.41.